The van der Waals surface area contributed by atoms with E-state index in [-0.39, 0.29) is 0 Å². The van der Waals surface area contributed by atoms with Crippen LogP contribution < -0.4 is 0 Å². The van der Waals surface area contributed by atoms with E-state index in [0.717, 1.165) is 66.0 Å². The molecule has 8 rings (SSSR count). The van der Waals surface area contributed by atoms with Gasteiger partial charge in [0.2, 0.25) is 0 Å². The van der Waals surface area contributed by atoms with Crippen LogP contribution in [-0.4, -0.2) is 63.8 Å². The predicted molar refractivity (Wildman–Crippen MR) is 245 cm³/mol. The zero-order valence-corrected chi connectivity index (χ0v) is 37.8. The van der Waals surface area contributed by atoms with Gasteiger partial charge < -0.3 is 19.5 Å². The number of nitrogens with zero attached hydrogens (tertiary/aromatic N) is 2. The lowest BCUT2D eigenvalue weighted by Crippen LogP contribution is -2.13. The van der Waals surface area contributed by atoms with Crippen molar-refractivity contribution >= 4 is 109 Å². The average molecular weight is 1000 g/mol. The highest BCUT2D eigenvalue weighted by atomic mass is 127. The lowest BCUT2D eigenvalue weighted by Gasteiger charge is -2.14. The topological polar surface area (TPSA) is 35.9 Å². The summed E-state index contributed by atoms with van der Waals surface area (Å²) >= 11 is 21.7. The molecule has 0 bridgehead atoms. The van der Waals surface area contributed by atoms with Crippen LogP contribution in [0.4, 0.5) is 0 Å². The van der Waals surface area contributed by atoms with Gasteiger partial charge in [-0.15, -0.1) is 0 Å². The van der Waals surface area contributed by atoms with Crippen LogP contribution in [0.3, 0.4) is 0 Å². The molecule has 0 spiro atoms. The fraction of sp³-hybridized carbons (Fsp3) is 0.273. The van der Waals surface area contributed by atoms with E-state index in [1.165, 1.54) is 69.3 Å². The summed E-state index contributed by atoms with van der Waals surface area (Å²) in [6, 6.07) is 25.3. The van der Waals surface area contributed by atoms with Crippen LogP contribution in [0.2, 0.25) is 10.0 Å². The van der Waals surface area contributed by atoms with Gasteiger partial charge in [0.1, 0.15) is 0 Å². The van der Waals surface area contributed by atoms with Crippen LogP contribution in [0, 0.1) is 0 Å². The summed E-state index contributed by atoms with van der Waals surface area (Å²) in [5, 5.41) is 9.97. The molecular weight excluding hydrogens is 957 g/mol. The van der Waals surface area contributed by atoms with Crippen molar-refractivity contribution in [3.05, 3.63) is 157 Å². The summed E-state index contributed by atoms with van der Waals surface area (Å²) in [6.07, 6.45) is 10.3. The van der Waals surface area contributed by atoms with Gasteiger partial charge in [0.05, 0.1) is 5.76 Å². The van der Waals surface area contributed by atoms with E-state index in [4.69, 9.17) is 32.9 Å². The molecule has 0 fully saturated rings. The first-order valence-corrected chi connectivity index (χ1v) is 21.4. The van der Waals surface area contributed by atoms with Gasteiger partial charge in [-0.25, -0.2) is 0 Å². The van der Waals surface area contributed by atoms with Crippen LogP contribution in [0.25, 0.3) is 23.3 Å². The molecule has 0 amide bonds. The van der Waals surface area contributed by atoms with Crippen molar-refractivity contribution in [3.63, 3.8) is 0 Å². The zero-order valence-electron chi connectivity index (χ0n) is 31.0. The third kappa shape index (κ3) is 10.4. The van der Waals surface area contributed by atoms with Crippen LogP contribution >= 0.6 is 77.7 Å². The minimum absolute atomic E-state index is 0.694. The lowest BCUT2D eigenvalue weighted by molar-refractivity contribution is 0.367. The Morgan fingerprint density at radius 3 is 1.80 bits per heavy atom. The fourth-order valence-electron chi connectivity index (χ4n) is 7.34. The van der Waals surface area contributed by atoms with Crippen molar-refractivity contribution in [1.82, 2.24) is 9.80 Å². The number of hydrogen-bond acceptors (Lipinski definition) is 4. The molecule has 10 heteroatoms. The number of hydrogen-bond donors (Lipinski definition) is 1. The second-order valence-electron chi connectivity index (χ2n) is 14.4. The van der Waals surface area contributed by atoms with Crippen molar-refractivity contribution in [1.29, 1.82) is 0 Å². The standard InChI is InChI=1S/C22H21BrClN.C13H15BrIN.C9H7BClO2/c1-25(2)8-7-21-20-6-4-18(23)11-17(20)13-22(21)16-9-14-3-5-19(24)12-15(14)10-16;1-16(2)6-5-12-11-4-3-10(14)7-9(11)8-13(12)15;11-8-2-1-6-4-9(13-10-12)5-7(6)3-8/h3-6,10-12H,7-9,13H2,1-2H3;3-4,7H,5-6,8H2,1-2H3;1-3,5,12H,4H2. The van der Waals surface area contributed by atoms with Crippen molar-refractivity contribution in [2.75, 3.05) is 41.3 Å². The summed E-state index contributed by atoms with van der Waals surface area (Å²) in [4.78, 5) is 4.51. The second kappa shape index (κ2) is 18.9. The number of rotatable bonds is 9. The van der Waals surface area contributed by atoms with Gasteiger partial charge in [0.15, 0.2) is 0 Å². The monoisotopic (exact) mass is 997 g/mol. The molecule has 279 valence electrons. The number of benzene rings is 4. The van der Waals surface area contributed by atoms with Crippen molar-refractivity contribution in [2.45, 2.75) is 38.5 Å². The number of halogens is 5. The summed E-state index contributed by atoms with van der Waals surface area (Å²) in [5.74, 6) is 0.736. The van der Waals surface area contributed by atoms with E-state index in [2.05, 4.69) is 147 Å². The maximum atomic E-state index is 8.45. The highest BCUT2D eigenvalue weighted by Gasteiger charge is 2.26. The molecular formula is C44H43BBr2Cl2IN2O2. The van der Waals surface area contributed by atoms with Crippen LogP contribution in [0.15, 0.2) is 102 Å². The minimum atomic E-state index is 0.694. The van der Waals surface area contributed by atoms with Crippen LogP contribution in [0.1, 0.15) is 57.3 Å². The van der Waals surface area contributed by atoms with Crippen molar-refractivity contribution in [2.24, 2.45) is 0 Å². The summed E-state index contributed by atoms with van der Waals surface area (Å²) in [5.41, 5.74) is 16.7. The molecule has 1 N–H and O–H groups in total. The lowest BCUT2D eigenvalue weighted by atomic mass is 9.96. The van der Waals surface area contributed by atoms with E-state index >= 15 is 0 Å². The van der Waals surface area contributed by atoms with Gasteiger partial charge in [-0.2, -0.15) is 0 Å². The Morgan fingerprint density at radius 1 is 0.667 bits per heavy atom. The van der Waals surface area contributed by atoms with E-state index < -0.39 is 0 Å². The maximum Gasteiger partial charge on any atom is 0.569 e. The third-order valence-corrected chi connectivity index (χ3v) is 12.5. The first kappa shape index (κ1) is 41.5. The molecule has 0 aromatic heterocycles. The molecule has 0 unspecified atom stereocenters. The van der Waals surface area contributed by atoms with Gasteiger partial charge >= 0.3 is 7.69 Å². The van der Waals surface area contributed by atoms with Gasteiger partial charge in [-0.1, -0.05) is 85.4 Å². The largest absolute Gasteiger partial charge is 0.569 e. The van der Waals surface area contributed by atoms with Crippen molar-refractivity contribution in [3.8, 4) is 0 Å². The highest BCUT2D eigenvalue weighted by Crippen LogP contribution is 2.43. The van der Waals surface area contributed by atoms with Crippen LogP contribution in [0.5, 0.6) is 0 Å². The second-order valence-corrected chi connectivity index (χ2v) is 18.5. The summed E-state index contributed by atoms with van der Waals surface area (Å²) in [6.45, 7) is 2.19. The molecule has 0 aliphatic heterocycles. The minimum Gasteiger partial charge on any atom is -0.540 e. The van der Waals surface area contributed by atoms with Crippen molar-refractivity contribution < 1.29 is 9.68 Å². The Bertz CT molecular complexity index is 2180. The van der Waals surface area contributed by atoms with Gasteiger partial charge in [-0.05, 0) is 201 Å². The molecule has 4 nitrogen and oxygen atoms in total. The molecule has 1 radical (unpaired) electrons. The zero-order chi connectivity index (χ0) is 38.5. The fourth-order valence-corrected chi connectivity index (χ4v) is 9.48. The molecule has 4 aliphatic carbocycles. The van der Waals surface area contributed by atoms with E-state index in [0.29, 0.717) is 19.1 Å². The number of fused-ring (bicyclic) bond motifs is 4. The Labute approximate surface area is 361 Å². The molecule has 4 aliphatic rings. The average Bonchev–Trinajstić information content (AvgIpc) is 3.88. The van der Waals surface area contributed by atoms with Gasteiger partial charge in [-0.3, -0.25) is 0 Å². The van der Waals surface area contributed by atoms with Gasteiger partial charge in [0.25, 0.3) is 0 Å². The van der Waals surface area contributed by atoms with E-state index in [1.54, 1.807) is 0 Å². The Balaban J connectivity index is 0.000000148. The normalized spacial score (nSPS) is 14.9. The smallest absolute Gasteiger partial charge is 0.540 e. The first-order chi connectivity index (χ1) is 25.9. The van der Waals surface area contributed by atoms with E-state index in [1.807, 2.05) is 30.3 Å². The summed E-state index contributed by atoms with van der Waals surface area (Å²) in [7, 11) is 9.24. The Hall–Kier alpha value is -2.15. The molecule has 0 atom stereocenters. The quantitative estimate of drug-likeness (QED) is 0.134. The molecule has 0 saturated heterocycles. The van der Waals surface area contributed by atoms with Crippen LogP contribution in [-0.2, 0) is 30.3 Å². The maximum absolute atomic E-state index is 8.45. The molecule has 4 aromatic rings. The highest BCUT2D eigenvalue weighted by molar-refractivity contribution is 14.1. The SMILES string of the molecule is CN(C)CCC1=C(C2=Cc3cc(Cl)ccc3C2)Cc2cc(Br)ccc21.CN(C)CCC1=C(I)Cc2cc(Br)ccc21.O[B]OC1=Cc2cc(Cl)ccc2C1. The molecule has 0 heterocycles. The predicted octanol–water partition coefficient (Wildman–Crippen LogP) is 11.9. The Morgan fingerprint density at radius 2 is 1.20 bits per heavy atom. The third-order valence-electron chi connectivity index (χ3n) is 10.0. The first-order valence-electron chi connectivity index (χ1n) is 18.0. The molecule has 54 heavy (non-hydrogen) atoms. The molecule has 0 saturated carbocycles. The van der Waals surface area contributed by atoms with E-state index in [9.17, 15) is 0 Å². The summed E-state index contributed by atoms with van der Waals surface area (Å²) < 4.78 is 8.73. The van der Waals surface area contributed by atoms with Gasteiger partial charge in [0, 0.05) is 44.9 Å². The Kier molecular flexibility index (Phi) is 14.5. The molecule has 4 aromatic carbocycles. The number of allylic oxidation sites excluding steroid dienone is 4.